The third-order valence-corrected chi connectivity index (χ3v) is 6.98. The molecule has 1 heterocycles. The quantitative estimate of drug-likeness (QED) is 0.855. The molecule has 1 aromatic rings. The van der Waals surface area contributed by atoms with Gasteiger partial charge in [-0.1, -0.05) is 11.3 Å². The Morgan fingerprint density at radius 2 is 2.11 bits per heavy atom. The van der Waals surface area contributed by atoms with E-state index >= 15 is 0 Å². The van der Waals surface area contributed by atoms with E-state index in [-0.39, 0.29) is 14.5 Å². The van der Waals surface area contributed by atoms with Crippen molar-refractivity contribution < 1.29 is 8.42 Å². The van der Waals surface area contributed by atoms with Crippen LogP contribution in [0.15, 0.2) is 9.00 Å². The third-order valence-electron chi connectivity index (χ3n) is 3.98. The van der Waals surface area contributed by atoms with E-state index in [0.29, 0.717) is 18.2 Å². The second-order valence-corrected chi connectivity index (χ2v) is 8.33. The minimum atomic E-state index is -3.53. The smallest absolute Gasteiger partial charge is 0.305 e. The summed E-state index contributed by atoms with van der Waals surface area (Å²) >= 11 is 0.755. The third kappa shape index (κ3) is 2.15. The van der Waals surface area contributed by atoms with Crippen molar-refractivity contribution in [2.24, 2.45) is 11.3 Å². The topological polar surface area (TPSA) is 79.0 Å². The van der Waals surface area contributed by atoms with Gasteiger partial charge in [0.05, 0.1) is 0 Å². The van der Waals surface area contributed by atoms with Crippen LogP contribution in [0.2, 0.25) is 0 Å². The molecule has 7 heteroatoms. The van der Waals surface area contributed by atoms with Gasteiger partial charge in [-0.25, -0.2) is 13.1 Å². The second kappa shape index (κ2) is 3.91. The lowest BCUT2D eigenvalue weighted by Crippen LogP contribution is -2.31. The molecule has 0 saturated heterocycles. The van der Waals surface area contributed by atoms with Gasteiger partial charge in [-0.2, -0.15) is 0 Å². The van der Waals surface area contributed by atoms with Crippen LogP contribution in [0.3, 0.4) is 0 Å². The summed E-state index contributed by atoms with van der Waals surface area (Å²) < 4.78 is 27.0. The molecule has 2 saturated carbocycles. The molecule has 18 heavy (non-hydrogen) atoms. The number of thiazole rings is 1. The lowest BCUT2D eigenvalue weighted by atomic mass is 10.0. The van der Waals surface area contributed by atoms with Crippen molar-refractivity contribution in [1.82, 2.24) is 9.71 Å². The van der Waals surface area contributed by atoms with Crippen LogP contribution in [0.1, 0.15) is 31.4 Å². The summed E-state index contributed by atoms with van der Waals surface area (Å²) in [5.74, 6) is 0.714. The Morgan fingerprint density at radius 3 is 2.56 bits per heavy atom. The zero-order valence-electron chi connectivity index (χ0n) is 10.2. The van der Waals surface area contributed by atoms with E-state index in [1.807, 2.05) is 0 Å². The highest BCUT2D eigenvalue weighted by atomic mass is 32.2. The van der Waals surface area contributed by atoms with Crippen molar-refractivity contribution in [1.29, 1.82) is 0 Å². The van der Waals surface area contributed by atoms with Crippen molar-refractivity contribution in [2.75, 3.05) is 6.54 Å². The fraction of sp³-hybridized carbons (Fsp3) is 0.727. The molecule has 0 amide bonds. The normalized spacial score (nSPS) is 22.1. The molecular weight excluding hydrogens is 272 g/mol. The number of rotatable bonds is 5. The molecule has 2 N–H and O–H groups in total. The first-order valence-corrected chi connectivity index (χ1v) is 8.42. The first-order valence-electron chi connectivity index (χ1n) is 6.12. The molecule has 1 aromatic heterocycles. The second-order valence-electron chi connectivity index (χ2n) is 5.39. The average molecular weight is 288 g/mol. The average Bonchev–Trinajstić information content (AvgIpc) is 3.15. The predicted octanol–water partition coefficient (Wildman–Crippen LogP) is 1.21. The van der Waals surface area contributed by atoms with Gasteiger partial charge < -0.3 is 4.98 Å². The summed E-state index contributed by atoms with van der Waals surface area (Å²) in [6.07, 6.45) is 4.72. The van der Waals surface area contributed by atoms with Crippen molar-refractivity contribution in [3.05, 3.63) is 15.4 Å². The Morgan fingerprint density at radius 1 is 1.44 bits per heavy atom. The number of sulfonamides is 1. The minimum absolute atomic E-state index is 0.124. The highest BCUT2D eigenvalue weighted by Gasteiger charge is 2.53. The van der Waals surface area contributed by atoms with Crippen LogP contribution in [-0.2, 0) is 10.0 Å². The van der Waals surface area contributed by atoms with Crippen molar-refractivity contribution in [3.63, 3.8) is 0 Å². The SMILES string of the molecule is Cc1[nH]c(=O)sc1S(=O)(=O)NCC1(C2CC2)CC1. The van der Waals surface area contributed by atoms with Gasteiger partial charge in [-0.05, 0) is 43.9 Å². The van der Waals surface area contributed by atoms with Gasteiger partial charge in [0.15, 0.2) is 4.21 Å². The molecule has 0 bridgehead atoms. The molecule has 100 valence electrons. The standard InChI is InChI=1S/C11H16N2O3S2/c1-7-9(17-10(14)13-7)18(15,16)12-6-11(4-5-11)8-2-3-8/h8,12H,2-6H2,1H3,(H,13,14). The van der Waals surface area contributed by atoms with Crippen molar-refractivity contribution >= 4 is 21.4 Å². The molecule has 0 unspecified atom stereocenters. The monoisotopic (exact) mass is 288 g/mol. The van der Waals surface area contributed by atoms with Crippen LogP contribution in [-0.4, -0.2) is 19.9 Å². The molecule has 5 nitrogen and oxygen atoms in total. The van der Waals surface area contributed by atoms with E-state index in [0.717, 1.165) is 24.2 Å². The van der Waals surface area contributed by atoms with E-state index in [1.54, 1.807) is 6.92 Å². The first-order chi connectivity index (χ1) is 8.43. The molecule has 3 rings (SSSR count). The Balaban J connectivity index is 1.75. The van der Waals surface area contributed by atoms with Gasteiger partial charge in [0.2, 0.25) is 0 Å². The summed E-state index contributed by atoms with van der Waals surface area (Å²) in [7, 11) is -3.53. The number of nitrogens with one attached hydrogen (secondary N) is 2. The fourth-order valence-corrected chi connectivity index (χ4v) is 5.02. The van der Waals surface area contributed by atoms with Gasteiger partial charge in [0.1, 0.15) is 0 Å². The van der Waals surface area contributed by atoms with Gasteiger partial charge >= 0.3 is 4.87 Å². The van der Waals surface area contributed by atoms with E-state index in [9.17, 15) is 13.2 Å². The van der Waals surface area contributed by atoms with E-state index in [1.165, 1.54) is 12.8 Å². The van der Waals surface area contributed by atoms with Crippen LogP contribution in [0.4, 0.5) is 0 Å². The number of aryl methyl sites for hydroxylation is 1. The highest BCUT2D eigenvalue weighted by molar-refractivity contribution is 7.91. The van der Waals surface area contributed by atoms with E-state index < -0.39 is 10.0 Å². The van der Waals surface area contributed by atoms with Crippen LogP contribution in [0.25, 0.3) is 0 Å². The first kappa shape index (κ1) is 12.4. The molecule has 0 aromatic carbocycles. The molecular formula is C11H16N2O3S2. The summed E-state index contributed by atoms with van der Waals surface area (Å²) in [6.45, 7) is 2.13. The Labute approximate surface area is 110 Å². The number of H-pyrrole nitrogens is 1. The maximum absolute atomic E-state index is 12.1. The van der Waals surface area contributed by atoms with Crippen LogP contribution in [0.5, 0.6) is 0 Å². The minimum Gasteiger partial charge on any atom is -0.315 e. The Kier molecular flexibility index (Phi) is 2.69. The van der Waals surface area contributed by atoms with E-state index in [2.05, 4.69) is 9.71 Å². The predicted molar refractivity (Wildman–Crippen MR) is 69.3 cm³/mol. The molecule has 2 fully saturated rings. The molecule has 0 spiro atoms. The zero-order chi connectivity index (χ0) is 13.0. The van der Waals surface area contributed by atoms with Gasteiger partial charge in [0.25, 0.3) is 10.0 Å². The van der Waals surface area contributed by atoms with Crippen LogP contribution in [0, 0.1) is 18.3 Å². The van der Waals surface area contributed by atoms with Crippen LogP contribution < -0.4 is 9.60 Å². The summed E-state index contributed by atoms with van der Waals surface area (Å²) in [4.78, 5) is 13.3. The van der Waals surface area contributed by atoms with Crippen LogP contribution >= 0.6 is 11.3 Å². The van der Waals surface area contributed by atoms with Crippen molar-refractivity contribution in [2.45, 2.75) is 36.8 Å². The number of hydrogen-bond acceptors (Lipinski definition) is 4. The molecule has 0 atom stereocenters. The lowest BCUT2D eigenvalue weighted by Gasteiger charge is -2.14. The van der Waals surface area contributed by atoms with Gasteiger partial charge in [-0.3, -0.25) is 4.79 Å². The molecule has 0 aliphatic heterocycles. The fourth-order valence-electron chi connectivity index (χ4n) is 2.54. The van der Waals surface area contributed by atoms with Gasteiger partial charge in [-0.15, -0.1) is 0 Å². The summed E-state index contributed by atoms with van der Waals surface area (Å²) in [6, 6.07) is 0. The number of aromatic nitrogens is 1. The van der Waals surface area contributed by atoms with Crippen molar-refractivity contribution in [3.8, 4) is 0 Å². The highest BCUT2D eigenvalue weighted by Crippen LogP contribution is 2.60. The largest absolute Gasteiger partial charge is 0.315 e. The molecule has 2 aliphatic carbocycles. The van der Waals surface area contributed by atoms with Gasteiger partial charge in [0, 0.05) is 12.2 Å². The maximum atomic E-state index is 12.1. The zero-order valence-corrected chi connectivity index (χ0v) is 11.8. The Hall–Kier alpha value is -0.660. The molecule has 0 radical (unpaired) electrons. The molecule has 2 aliphatic rings. The summed E-state index contributed by atoms with van der Waals surface area (Å²) in [5.41, 5.74) is 0.649. The number of hydrogen-bond donors (Lipinski definition) is 2. The lowest BCUT2D eigenvalue weighted by molar-refractivity contribution is 0.432. The number of aromatic amines is 1. The Bertz CT molecular complexity index is 621. The van der Waals surface area contributed by atoms with E-state index in [4.69, 9.17) is 0 Å². The summed E-state index contributed by atoms with van der Waals surface area (Å²) in [5, 5.41) is 0. The maximum Gasteiger partial charge on any atom is 0.305 e.